The Morgan fingerprint density at radius 3 is 2.00 bits per heavy atom. The molecule has 0 fully saturated rings. The lowest BCUT2D eigenvalue weighted by Crippen LogP contribution is -2.41. The van der Waals surface area contributed by atoms with Gasteiger partial charge in [-0.15, -0.1) is 0 Å². The first-order chi connectivity index (χ1) is 13.1. The molecule has 2 amide bonds. The molecule has 2 aromatic rings. The molecule has 7 heteroatoms. The van der Waals surface area contributed by atoms with E-state index < -0.39 is 23.2 Å². The van der Waals surface area contributed by atoms with Gasteiger partial charge in [0.1, 0.15) is 5.41 Å². The molecule has 0 heterocycles. The number of carbonyl (C=O) groups is 3. The van der Waals surface area contributed by atoms with Crippen LogP contribution in [0.5, 0.6) is 0 Å². The highest BCUT2D eigenvalue weighted by atomic mass is 16.5. The van der Waals surface area contributed by atoms with E-state index in [-0.39, 0.29) is 0 Å². The summed E-state index contributed by atoms with van der Waals surface area (Å²) in [7, 11) is 5.14. The fraction of sp³-hybridized carbons (Fsp3) is 0.286. The molecule has 0 saturated carbocycles. The van der Waals surface area contributed by atoms with Gasteiger partial charge in [0.25, 0.3) is 0 Å². The Morgan fingerprint density at radius 2 is 1.46 bits per heavy atom. The number of hydrogen-bond acceptors (Lipinski definition) is 5. The van der Waals surface area contributed by atoms with Crippen molar-refractivity contribution in [3.05, 3.63) is 54.1 Å². The van der Waals surface area contributed by atoms with Crippen molar-refractivity contribution in [2.75, 3.05) is 36.7 Å². The van der Waals surface area contributed by atoms with Crippen LogP contribution in [0.3, 0.4) is 0 Å². The number of hydrogen-bond donors (Lipinski definition) is 2. The summed E-state index contributed by atoms with van der Waals surface area (Å²) in [5.74, 6) is -1.43. The first-order valence-corrected chi connectivity index (χ1v) is 8.74. The summed E-state index contributed by atoms with van der Waals surface area (Å²) < 4.78 is 4.67. The van der Waals surface area contributed by atoms with E-state index in [2.05, 4.69) is 15.4 Å². The maximum atomic E-state index is 12.7. The first kappa shape index (κ1) is 21.0. The van der Waals surface area contributed by atoms with Crippen molar-refractivity contribution in [1.82, 2.24) is 0 Å². The molecule has 0 unspecified atom stereocenters. The molecule has 0 aliphatic carbocycles. The van der Waals surface area contributed by atoms with Crippen molar-refractivity contribution in [3.63, 3.8) is 0 Å². The molecule has 0 saturated heterocycles. The zero-order valence-corrected chi connectivity index (χ0v) is 16.7. The summed E-state index contributed by atoms with van der Waals surface area (Å²) in [6.07, 6.45) is 0. The number of nitrogens with one attached hydrogen (secondary N) is 2. The Bertz CT molecular complexity index is 873. The quantitative estimate of drug-likeness (QED) is 0.591. The molecule has 0 bridgehead atoms. The van der Waals surface area contributed by atoms with Crippen LogP contribution in [-0.4, -0.2) is 39.0 Å². The van der Waals surface area contributed by atoms with Gasteiger partial charge in [-0.3, -0.25) is 9.59 Å². The molecular weight excluding hydrogens is 358 g/mol. The second kappa shape index (κ2) is 8.56. The standard InChI is InChI=1S/C21H25N3O4/c1-21(2,19(26)22-15-9-11-17(12-10-15)24(3)4)20(27)23-16-8-6-7-14(13-16)18(25)28-5/h6-13H,1-5H3,(H,22,26)(H,23,27). The van der Waals surface area contributed by atoms with Gasteiger partial charge < -0.3 is 20.3 Å². The molecule has 0 aromatic heterocycles. The van der Waals surface area contributed by atoms with Gasteiger partial charge in [-0.05, 0) is 56.3 Å². The van der Waals surface area contributed by atoms with Crippen molar-refractivity contribution in [1.29, 1.82) is 0 Å². The Hall–Kier alpha value is -3.35. The van der Waals surface area contributed by atoms with E-state index in [1.807, 2.05) is 31.1 Å². The lowest BCUT2D eigenvalue weighted by atomic mass is 9.90. The highest BCUT2D eigenvalue weighted by Crippen LogP contribution is 2.23. The monoisotopic (exact) mass is 383 g/mol. The molecule has 2 N–H and O–H groups in total. The number of anilines is 3. The Labute approximate surface area is 164 Å². The van der Waals surface area contributed by atoms with Crippen LogP contribution in [0.15, 0.2) is 48.5 Å². The third kappa shape index (κ3) is 4.88. The summed E-state index contributed by atoms with van der Waals surface area (Å²) in [6, 6.07) is 13.7. The van der Waals surface area contributed by atoms with E-state index in [0.717, 1.165) is 5.69 Å². The molecule has 2 rings (SSSR count). The lowest BCUT2D eigenvalue weighted by molar-refractivity contribution is -0.135. The second-order valence-electron chi connectivity index (χ2n) is 7.05. The smallest absolute Gasteiger partial charge is 0.337 e. The number of benzene rings is 2. The van der Waals surface area contributed by atoms with Crippen LogP contribution in [0.4, 0.5) is 17.1 Å². The minimum absolute atomic E-state index is 0.309. The largest absolute Gasteiger partial charge is 0.465 e. The van der Waals surface area contributed by atoms with Crippen molar-refractivity contribution < 1.29 is 19.1 Å². The Morgan fingerprint density at radius 1 is 0.893 bits per heavy atom. The highest BCUT2D eigenvalue weighted by Gasteiger charge is 2.36. The molecular formula is C21H25N3O4. The zero-order valence-electron chi connectivity index (χ0n) is 16.7. The summed E-state index contributed by atoms with van der Waals surface area (Å²) in [5.41, 5.74) is 0.985. The van der Waals surface area contributed by atoms with Crippen LogP contribution in [-0.2, 0) is 14.3 Å². The summed E-state index contributed by atoms with van der Waals surface area (Å²) >= 11 is 0. The molecule has 0 radical (unpaired) electrons. The number of ether oxygens (including phenoxy) is 1. The van der Waals surface area contributed by atoms with E-state index in [0.29, 0.717) is 16.9 Å². The van der Waals surface area contributed by atoms with Crippen molar-refractivity contribution in [3.8, 4) is 0 Å². The summed E-state index contributed by atoms with van der Waals surface area (Å²) in [6.45, 7) is 3.08. The predicted octanol–water partition coefficient (Wildman–Crippen LogP) is 3.14. The van der Waals surface area contributed by atoms with Gasteiger partial charge in [-0.25, -0.2) is 4.79 Å². The van der Waals surface area contributed by atoms with Crippen LogP contribution < -0.4 is 15.5 Å². The maximum absolute atomic E-state index is 12.7. The third-order valence-corrected chi connectivity index (χ3v) is 4.32. The molecule has 0 aliphatic rings. The Balaban J connectivity index is 2.09. The molecule has 7 nitrogen and oxygen atoms in total. The summed E-state index contributed by atoms with van der Waals surface area (Å²) in [4.78, 5) is 38.9. The number of methoxy groups -OCH3 is 1. The van der Waals surface area contributed by atoms with Gasteiger partial charge in [0, 0.05) is 31.2 Å². The van der Waals surface area contributed by atoms with E-state index in [9.17, 15) is 14.4 Å². The molecule has 0 aliphatic heterocycles. The predicted molar refractivity (Wildman–Crippen MR) is 110 cm³/mol. The van der Waals surface area contributed by atoms with E-state index >= 15 is 0 Å². The fourth-order valence-electron chi connectivity index (χ4n) is 2.36. The molecule has 0 spiro atoms. The van der Waals surface area contributed by atoms with Crippen molar-refractivity contribution >= 4 is 34.8 Å². The number of amides is 2. The van der Waals surface area contributed by atoms with E-state index in [1.54, 1.807) is 30.3 Å². The van der Waals surface area contributed by atoms with Crippen LogP contribution >= 0.6 is 0 Å². The highest BCUT2D eigenvalue weighted by molar-refractivity contribution is 6.14. The van der Waals surface area contributed by atoms with Crippen LogP contribution in [0.25, 0.3) is 0 Å². The van der Waals surface area contributed by atoms with Crippen LogP contribution in [0.1, 0.15) is 24.2 Å². The zero-order chi connectivity index (χ0) is 20.9. The van der Waals surface area contributed by atoms with Crippen molar-refractivity contribution in [2.45, 2.75) is 13.8 Å². The van der Waals surface area contributed by atoms with Gasteiger partial charge in [-0.2, -0.15) is 0 Å². The SMILES string of the molecule is COC(=O)c1cccc(NC(=O)C(C)(C)C(=O)Nc2ccc(N(C)C)cc2)c1. The van der Waals surface area contributed by atoms with Gasteiger partial charge in [0.15, 0.2) is 0 Å². The normalized spacial score (nSPS) is 10.8. The third-order valence-electron chi connectivity index (χ3n) is 4.32. The van der Waals surface area contributed by atoms with Gasteiger partial charge in [-0.1, -0.05) is 6.07 Å². The fourth-order valence-corrected chi connectivity index (χ4v) is 2.36. The minimum Gasteiger partial charge on any atom is -0.465 e. The van der Waals surface area contributed by atoms with Gasteiger partial charge in [0.05, 0.1) is 12.7 Å². The summed E-state index contributed by atoms with van der Waals surface area (Å²) in [5, 5.41) is 5.44. The maximum Gasteiger partial charge on any atom is 0.337 e. The molecule has 28 heavy (non-hydrogen) atoms. The topological polar surface area (TPSA) is 87.7 Å². The van der Waals surface area contributed by atoms with Crippen molar-refractivity contribution in [2.24, 2.45) is 5.41 Å². The van der Waals surface area contributed by atoms with Gasteiger partial charge in [0.2, 0.25) is 11.8 Å². The molecule has 2 aromatic carbocycles. The second-order valence-corrected chi connectivity index (χ2v) is 7.05. The number of nitrogens with zero attached hydrogens (tertiary/aromatic N) is 1. The minimum atomic E-state index is -1.33. The van der Waals surface area contributed by atoms with Gasteiger partial charge >= 0.3 is 5.97 Å². The average Bonchev–Trinajstić information content (AvgIpc) is 2.67. The average molecular weight is 383 g/mol. The van der Waals surface area contributed by atoms with Crippen LogP contribution in [0, 0.1) is 5.41 Å². The number of rotatable bonds is 6. The first-order valence-electron chi connectivity index (χ1n) is 8.74. The lowest BCUT2D eigenvalue weighted by Gasteiger charge is -2.23. The van der Waals surface area contributed by atoms with Crippen LogP contribution in [0.2, 0.25) is 0 Å². The number of esters is 1. The van der Waals surface area contributed by atoms with E-state index in [1.165, 1.54) is 27.0 Å². The number of carbonyl (C=O) groups excluding carboxylic acids is 3. The molecule has 148 valence electrons. The van der Waals surface area contributed by atoms with E-state index in [4.69, 9.17) is 0 Å². The Kier molecular flexibility index (Phi) is 6.41. The molecule has 0 atom stereocenters.